The van der Waals surface area contributed by atoms with E-state index in [4.69, 9.17) is 42.6 Å². The highest BCUT2D eigenvalue weighted by molar-refractivity contribution is 5.97. The average Bonchev–Trinajstić information content (AvgIpc) is 2.09. The van der Waals surface area contributed by atoms with Crippen LogP contribution in [0.15, 0.2) is 114 Å². The molecule has 1 heterocycles. The Balaban J connectivity index is 1.14. The van der Waals surface area contributed by atoms with Crippen LogP contribution < -0.4 is 10.6 Å². The fourth-order valence-electron chi connectivity index (χ4n) is 11.7. The predicted molar refractivity (Wildman–Crippen MR) is 273 cm³/mol. The number of aliphatic hydroxyl groups is 1. The summed E-state index contributed by atoms with van der Waals surface area (Å²) in [6.07, 6.45) is -8.95. The third kappa shape index (κ3) is 11.8. The van der Waals surface area contributed by atoms with E-state index in [2.05, 4.69) is 17.2 Å². The van der Waals surface area contributed by atoms with Crippen molar-refractivity contribution in [2.45, 2.75) is 134 Å². The first kappa shape index (κ1) is 56.6. The van der Waals surface area contributed by atoms with Crippen LogP contribution in [0.1, 0.15) is 102 Å². The Morgan fingerprint density at radius 1 is 0.833 bits per heavy atom. The molecule has 4 aliphatic carbocycles. The molecular formula is C58H66N2O18. The lowest BCUT2D eigenvalue weighted by Crippen LogP contribution is -2.77. The molecule has 8 rings (SSSR count). The number of carbonyl (C=O) groups excluding carboxylic acids is 8. The van der Waals surface area contributed by atoms with E-state index in [0.29, 0.717) is 17.6 Å². The first-order valence-corrected chi connectivity index (χ1v) is 25.9. The number of carbonyl (C=O) groups is 8. The lowest BCUT2D eigenvalue weighted by Gasteiger charge is -2.62. The van der Waals surface area contributed by atoms with Gasteiger partial charge in [-0.3, -0.25) is 19.2 Å². The average molecular weight is 1080 g/mol. The molecule has 2 amide bonds. The second-order valence-electron chi connectivity index (χ2n) is 21.5. The molecule has 3 aromatic rings. The Labute approximate surface area is 451 Å². The van der Waals surface area contributed by atoms with Crippen molar-refractivity contribution in [3.63, 3.8) is 0 Å². The minimum absolute atomic E-state index is 0.00119. The summed E-state index contributed by atoms with van der Waals surface area (Å²) in [7, 11) is 0. The summed E-state index contributed by atoms with van der Waals surface area (Å²) in [6.45, 7) is 13.4. The number of hydrogen-bond donors (Lipinski definition) is 3. The molecule has 12 atom stereocenters. The van der Waals surface area contributed by atoms with Crippen LogP contribution in [0.2, 0.25) is 0 Å². The summed E-state index contributed by atoms with van der Waals surface area (Å²) in [5.41, 5.74) is -4.51. The monoisotopic (exact) mass is 1080 g/mol. The molecule has 0 radical (unpaired) electrons. The smallest absolute Gasteiger partial charge is 0.408 e. The second kappa shape index (κ2) is 22.8. The lowest BCUT2D eigenvalue weighted by molar-refractivity contribution is -0.319. The first-order chi connectivity index (χ1) is 37.0. The summed E-state index contributed by atoms with van der Waals surface area (Å²) in [4.78, 5) is 109. The van der Waals surface area contributed by atoms with Gasteiger partial charge >= 0.3 is 42.0 Å². The van der Waals surface area contributed by atoms with E-state index in [1.807, 2.05) is 6.07 Å². The first-order valence-electron chi connectivity index (χ1n) is 25.9. The van der Waals surface area contributed by atoms with Crippen molar-refractivity contribution in [1.82, 2.24) is 10.6 Å². The molecular weight excluding hydrogens is 1010 g/mol. The van der Waals surface area contributed by atoms with Crippen molar-refractivity contribution in [2.75, 3.05) is 19.8 Å². The molecule has 2 bridgehead atoms. The van der Waals surface area contributed by atoms with E-state index in [0.717, 1.165) is 12.5 Å². The van der Waals surface area contributed by atoms with Gasteiger partial charge in [0.05, 0.1) is 24.5 Å². The number of benzene rings is 3. The van der Waals surface area contributed by atoms with Crippen LogP contribution in [-0.4, -0.2) is 120 Å². The maximum atomic E-state index is 15.7. The summed E-state index contributed by atoms with van der Waals surface area (Å²) >= 11 is 0. The van der Waals surface area contributed by atoms with Gasteiger partial charge in [-0.2, -0.15) is 0 Å². The predicted octanol–water partition coefficient (Wildman–Crippen LogP) is 6.48. The topological polar surface area (TPSA) is 264 Å². The Bertz CT molecular complexity index is 2830. The lowest BCUT2D eigenvalue weighted by atomic mass is 9.52. The van der Waals surface area contributed by atoms with Gasteiger partial charge in [-0.25, -0.2) is 19.2 Å². The highest BCUT2D eigenvalue weighted by Gasteiger charge is 2.83. The molecule has 20 heteroatoms. The molecule has 1 saturated heterocycles. The summed E-state index contributed by atoms with van der Waals surface area (Å²) in [6, 6.07) is 24.0. The maximum absolute atomic E-state index is 15.7. The van der Waals surface area contributed by atoms with Crippen LogP contribution >= 0.6 is 0 Å². The summed E-state index contributed by atoms with van der Waals surface area (Å²) in [5, 5.41) is 19.0. The third-order valence-electron chi connectivity index (χ3n) is 15.3. The summed E-state index contributed by atoms with van der Waals surface area (Å²) in [5.74, 6) is -8.01. The number of nitrogens with one attached hydrogen (secondary N) is 2. The number of ether oxygens (including phenoxy) is 9. The molecule has 78 heavy (non-hydrogen) atoms. The van der Waals surface area contributed by atoms with Crippen molar-refractivity contribution >= 4 is 47.8 Å². The Morgan fingerprint density at radius 3 is 2.10 bits per heavy atom. The molecule has 20 nitrogen and oxygen atoms in total. The van der Waals surface area contributed by atoms with Gasteiger partial charge in [-0.15, -0.1) is 0 Å². The zero-order valence-corrected chi connectivity index (χ0v) is 44.6. The quantitative estimate of drug-likeness (QED) is 0.0533. The van der Waals surface area contributed by atoms with E-state index < -0.39 is 137 Å². The van der Waals surface area contributed by atoms with E-state index in [-0.39, 0.29) is 49.5 Å². The molecule has 3 saturated carbocycles. The zero-order chi connectivity index (χ0) is 56.3. The normalized spacial score (nSPS) is 28.3. The van der Waals surface area contributed by atoms with Crippen LogP contribution in [0.5, 0.6) is 0 Å². The Hall–Kier alpha value is -7.58. The molecule has 5 aliphatic rings. The summed E-state index contributed by atoms with van der Waals surface area (Å²) < 4.78 is 53.6. The number of hydrogen-bond acceptors (Lipinski definition) is 18. The minimum Gasteiger partial charge on any atom is -0.487 e. The van der Waals surface area contributed by atoms with Crippen LogP contribution in [0.4, 0.5) is 9.59 Å². The van der Waals surface area contributed by atoms with Crippen LogP contribution in [0.25, 0.3) is 0 Å². The molecule has 1 unspecified atom stereocenters. The third-order valence-corrected chi connectivity index (χ3v) is 15.3. The van der Waals surface area contributed by atoms with Crippen LogP contribution in [-0.2, 0) is 73.2 Å². The number of rotatable bonds is 18. The van der Waals surface area contributed by atoms with Gasteiger partial charge in [0.15, 0.2) is 30.2 Å². The highest BCUT2D eigenvalue weighted by atomic mass is 16.6. The largest absolute Gasteiger partial charge is 0.487 e. The standard InChI is InChI=1S/C58H66N2O18/c1-32-41(73-34(3)47(46(38-20-14-10-15-21-38)60-54(68)78-55(6,7)8)75-44(64)30-70-43(63)24-25-59-53(67)71-29-37-18-12-9-13-19-37)28-57(69)33(2)45(32)48(74-35(4)61)50(65)56-27-40(56)26-42-58(31-72-42,77-36(5)62)49(56)51(57)76-52(66)39-22-16-11-17-23-39/h9-23,33,40-42,46-49,51,69H,3,24-31H2,1-2,4-8H3,(H,59,67)(H,60,68)/t33-,40?,41+,42-,46+,47+,48-,49+,51+,56-,57+,58+/m1/s1. The molecule has 416 valence electrons. The SMILES string of the molecule is C=C(O[C@H]1C[C@]2(O)[C@H](C)C(=C1C)[C@@H](OC(C)=O)C(=O)[C@]13CC1C[C@H]1OC[C@@]1(OC(C)=O)[C@H]3[C@@H]2OC(=O)c1ccccc1)[C@H](OC(=O)COC(=O)CCNC(=O)OCc1ccccc1)[C@@H](NC(=O)OC(C)(C)C)c1ccccc1. The van der Waals surface area contributed by atoms with Gasteiger partial charge in [0, 0.05) is 38.1 Å². The van der Waals surface area contributed by atoms with E-state index >= 15 is 4.79 Å². The van der Waals surface area contributed by atoms with Crippen LogP contribution in [0.3, 0.4) is 0 Å². The van der Waals surface area contributed by atoms with Gasteiger partial charge in [0.25, 0.3) is 0 Å². The number of esters is 5. The number of alkyl carbamates (subject to hydrolysis) is 2. The fraction of sp³-hybridized carbons (Fsp3) is 0.483. The molecule has 0 aromatic heterocycles. The van der Waals surface area contributed by atoms with Crippen molar-refractivity contribution < 1.29 is 86.1 Å². The van der Waals surface area contributed by atoms with Crippen molar-refractivity contribution in [1.29, 1.82) is 0 Å². The van der Waals surface area contributed by atoms with E-state index in [1.165, 1.54) is 19.1 Å². The van der Waals surface area contributed by atoms with Gasteiger partial charge in [0.1, 0.15) is 47.9 Å². The van der Waals surface area contributed by atoms with Crippen LogP contribution in [0, 0.1) is 23.2 Å². The fourth-order valence-corrected chi connectivity index (χ4v) is 11.7. The molecule has 4 fully saturated rings. The minimum atomic E-state index is -2.22. The van der Waals surface area contributed by atoms with Crippen molar-refractivity contribution in [3.05, 3.63) is 131 Å². The van der Waals surface area contributed by atoms with E-state index in [1.54, 1.807) is 107 Å². The molecule has 1 spiro atoms. The van der Waals surface area contributed by atoms with Gasteiger partial charge in [-0.05, 0) is 80.9 Å². The van der Waals surface area contributed by atoms with Gasteiger partial charge in [0.2, 0.25) is 0 Å². The van der Waals surface area contributed by atoms with Gasteiger partial charge in [-0.1, -0.05) is 92.4 Å². The van der Waals surface area contributed by atoms with Crippen molar-refractivity contribution in [2.24, 2.45) is 23.2 Å². The number of amides is 2. The number of fused-ring (bicyclic) bond motifs is 4. The number of Topliss-reactive ketones (excluding diaryl/α,β-unsaturated/α-hetero) is 1. The Morgan fingerprint density at radius 2 is 1.49 bits per heavy atom. The molecule has 3 N–H and O–H groups in total. The van der Waals surface area contributed by atoms with Gasteiger partial charge < -0.3 is 58.4 Å². The zero-order valence-electron chi connectivity index (χ0n) is 44.6. The van der Waals surface area contributed by atoms with E-state index in [9.17, 15) is 38.7 Å². The number of ketones is 1. The maximum Gasteiger partial charge on any atom is 0.408 e. The Kier molecular flexibility index (Phi) is 16.5. The highest BCUT2D eigenvalue weighted by Crippen LogP contribution is 2.74. The second-order valence-corrected chi connectivity index (χ2v) is 21.5. The molecule has 3 aromatic carbocycles. The van der Waals surface area contributed by atoms with Crippen molar-refractivity contribution in [3.8, 4) is 0 Å². The molecule has 1 aliphatic heterocycles.